The Morgan fingerprint density at radius 3 is 2.50 bits per heavy atom. The molecule has 0 aliphatic heterocycles. The van der Waals surface area contributed by atoms with Crippen molar-refractivity contribution in [3.63, 3.8) is 0 Å². The molecule has 0 unspecified atom stereocenters. The third kappa shape index (κ3) is 3.23. The van der Waals surface area contributed by atoms with Crippen molar-refractivity contribution in [2.75, 3.05) is 7.05 Å². The molecule has 0 saturated carbocycles. The van der Waals surface area contributed by atoms with Gasteiger partial charge in [0.1, 0.15) is 0 Å². The average molecular weight is 273 g/mol. The van der Waals surface area contributed by atoms with Crippen molar-refractivity contribution in [2.45, 2.75) is 27.3 Å². The summed E-state index contributed by atoms with van der Waals surface area (Å²) in [6.07, 6.45) is 0. The van der Waals surface area contributed by atoms with Crippen molar-refractivity contribution >= 4 is 5.91 Å². The number of amides is 1. The molecule has 0 spiro atoms. The summed E-state index contributed by atoms with van der Waals surface area (Å²) >= 11 is 0. The smallest absolute Gasteiger partial charge is 0.247 e. The van der Waals surface area contributed by atoms with Gasteiger partial charge in [-0.25, -0.2) is 0 Å². The van der Waals surface area contributed by atoms with Gasteiger partial charge in [-0.3, -0.25) is 4.79 Å². The third-order valence-electron chi connectivity index (χ3n) is 3.01. The van der Waals surface area contributed by atoms with E-state index < -0.39 is 0 Å². The highest BCUT2D eigenvalue weighted by Crippen LogP contribution is 2.18. The number of hydrogen-bond acceptors (Lipinski definition) is 4. The van der Waals surface area contributed by atoms with Crippen LogP contribution in [0.2, 0.25) is 0 Å². The second-order valence-corrected chi connectivity index (χ2v) is 5.22. The van der Waals surface area contributed by atoms with Gasteiger partial charge in [-0.15, -0.1) is 10.2 Å². The monoisotopic (exact) mass is 273 g/mol. The van der Waals surface area contributed by atoms with E-state index in [4.69, 9.17) is 4.42 Å². The third-order valence-corrected chi connectivity index (χ3v) is 3.01. The Bertz CT molecular complexity index is 587. The standard InChI is InChI=1S/C15H19N3O2/c1-10(2)15(19)18(4)9-13-16-17-14(20-13)12-7-5-11(3)6-8-12/h5-8,10H,9H2,1-4H3. The summed E-state index contributed by atoms with van der Waals surface area (Å²) in [7, 11) is 1.73. The van der Waals surface area contributed by atoms with E-state index in [9.17, 15) is 4.79 Å². The van der Waals surface area contributed by atoms with E-state index in [1.165, 1.54) is 5.56 Å². The van der Waals surface area contributed by atoms with Gasteiger partial charge in [0.15, 0.2) is 0 Å². The first-order chi connectivity index (χ1) is 9.47. The molecule has 0 atom stereocenters. The van der Waals surface area contributed by atoms with E-state index in [1.54, 1.807) is 11.9 Å². The van der Waals surface area contributed by atoms with Gasteiger partial charge < -0.3 is 9.32 Å². The van der Waals surface area contributed by atoms with Crippen molar-refractivity contribution < 1.29 is 9.21 Å². The summed E-state index contributed by atoms with van der Waals surface area (Å²) in [5.74, 6) is 0.932. The van der Waals surface area contributed by atoms with Crippen molar-refractivity contribution in [3.8, 4) is 11.5 Å². The van der Waals surface area contributed by atoms with Crippen LogP contribution in [0.5, 0.6) is 0 Å². The van der Waals surface area contributed by atoms with Crippen molar-refractivity contribution in [1.82, 2.24) is 15.1 Å². The van der Waals surface area contributed by atoms with Crippen LogP contribution in [0.3, 0.4) is 0 Å². The summed E-state index contributed by atoms with van der Waals surface area (Å²) in [6, 6.07) is 7.87. The molecule has 5 heteroatoms. The molecular formula is C15H19N3O2. The first-order valence-corrected chi connectivity index (χ1v) is 6.61. The second kappa shape index (κ2) is 5.86. The molecular weight excluding hydrogens is 254 g/mol. The molecule has 0 aliphatic rings. The lowest BCUT2D eigenvalue weighted by atomic mass is 10.1. The van der Waals surface area contributed by atoms with Gasteiger partial charge in [-0.1, -0.05) is 31.5 Å². The van der Waals surface area contributed by atoms with Crippen LogP contribution in [0.25, 0.3) is 11.5 Å². The van der Waals surface area contributed by atoms with Crippen molar-refractivity contribution in [3.05, 3.63) is 35.7 Å². The molecule has 0 radical (unpaired) electrons. The number of carbonyl (C=O) groups excluding carboxylic acids is 1. The number of nitrogens with zero attached hydrogens (tertiary/aromatic N) is 3. The van der Waals surface area contributed by atoms with Gasteiger partial charge in [-0.05, 0) is 19.1 Å². The predicted octanol–water partition coefficient (Wildman–Crippen LogP) is 2.66. The molecule has 0 N–H and O–H groups in total. The number of aryl methyl sites for hydroxylation is 1. The van der Waals surface area contributed by atoms with Gasteiger partial charge >= 0.3 is 0 Å². The summed E-state index contributed by atoms with van der Waals surface area (Å²) in [5, 5.41) is 8.00. The van der Waals surface area contributed by atoms with Crippen LogP contribution >= 0.6 is 0 Å². The SMILES string of the molecule is Cc1ccc(-c2nnc(CN(C)C(=O)C(C)C)o2)cc1. The Balaban J connectivity index is 2.09. The summed E-state index contributed by atoms with van der Waals surface area (Å²) < 4.78 is 5.59. The Labute approximate surface area is 118 Å². The predicted molar refractivity (Wildman–Crippen MR) is 75.8 cm³/mol. The zero-order valence-corrected chi connectivity index (χ0v) is 12.3. The van der Waals surface area contributed by atoms with Gasteiger partial charge in [0.05, 0.1) is 6.54 Å². The molecule has 0 bridgehead atoms. The van der Waals surface area contributed by atoms with E-state index >= 15 is 0 Å². The fourth-order valence-electron chi connectivity index (χ4n) is 1.85. The number of aromatic nitrogens is 2. The first-order valence-electron chi connectivity index (χ1n) is 6.61. The molecule has 1 heterocycles. The lowest BCUT2D eigenvalue weighted by molar-refractivity contribution is -0.133. The molecule has 1 aromatic carbocycles. The van der Waals surface area contributed by atoms with Gasteiger partial charge in [0.2, 0.25) is 17.7 Å². The Morgan fingerprint density at radius 1 is 1.25 bits per heavy atom. The van der Waals surface area contributed by atoms with Crippen LogP contribution < -0.4 is 0 Å². The normalized spacial score (nSPS) is 10.8. The highest BCUT2D eigenvalue weighted by Gasteiger charge is 2.16. The molecule has 106 valence electrons. The topological polar surface area (TPSA) is 59.2 Å². The summed E-state index contributed by atoms with van der Waals surface area (Å²) in [5.41, 5.74) is 2.06. The van der Waals surface area contributed by atoms with Crippen LogP contribution in [-0.4, -0.2) is 28.1 Å². The summed E-state index contributed by atoms with van der Waals surface area (Å²) in [4.78, 5) is 13.4. The molecule has 0 fully saturated rings. The molecule has 0 aliphatic carbocycles. The minimum absolute atomic E-state index is 0.0421. The van der Waals surface area contributed by atoms with Crippen molar-refractivity contribution in [1.29, 1.82) is 0 Å². The maximum Gasteiger partial charge on any atom is 0.247 e. The Hall–Kier alpha value is -2.17. The van der Waals surface area contributed by atoms with E-state index in [0.29, 0.717) is 18.3 Å². The lowest BCUT2D eigenvalue weighted by Crippen LogP contribution is -2.30. The Kier molecular flexibility index (Phi) is 4.17. The van der Waals surface area contributed by atoms with Crippen LogP contribution in [-0.2, 0) is 11.3 Å². The van der Waals surface area contributed by atoms with Crippen LogP contribution in [0.1, 0.15) is 25.3 Å². The molecule has 20 heavy (non-hydrogen) atoms. The quantitative estimate of drug-likeness (QED) is 0.859. The zero-order valence-electron chi connectivity index (χ0n) is 12.3. The largest absolute Gasteiger partial charge is 0.419 e. The van der Waals surface area contributed by atoms with E-state index in [1.807, 2.05) is 45.0 Å². The molecule has 5 nitrogen and oxygen atoms in total. The fourth-order valence-corrected chi connectivity index (χ4v) is 1.85. The molecule has 2 aromatic rings. The number of benzene rings is 1. The second-order valence-electron chi connectivity index (χ2n) is 5.22. The molecule has 0 saturated heterocycles. The molecule has 1 aromatic heterocycles. The number of rotatable bonds is 4. The van der Waals surface area contributed by atoms with Crippen LogP contribution in [0.15, 0.2) is 28.7 Å². The maximum absolute atomic E-state index is 11.8. The van der Waals surface area contributed by atoms with Crippen LogP contribution in [0.4, 0.5) is 0 Å². The minimum atomic E-state index is -0.0421. The van der Waals surface area contributed by atoms with Gasteiger partial charge in [-0.2, -0.15) is 0 Å². The van der Waals surface area contributed by atoms with E-state index in [0.717, 1.165) is 5.56 Å². The minimum Gasteiger partial charge on any atom is -0.419 e. The molecule has 2 rings (SSSR count). The van der Waals surface area contributed by atoms with E-state index in [-0.39, 0.29) is 11.8 Å². The zero-order chi connectivity index (χ0) is 14.7. The van der Waals surface area contributed by atoms with Gasteiger partial charge in [0.25, 0.3) is 0 Å². The average Bonchev–Trinajstić information content (AvgIpc) is 2.87. The molecule has 1 amide bonds. The van der Waals surface area contributed by atoms with Gasteiger partial charge in [0, 0.05) is 18.5 Å². The maximum atomic E-state index is 11.8. The highest BCUT2D eigenvalue weighted by molar-refractivity contribution is 5.77. The fraction of sp³-hybridized carbons (Fsp3) is 0.400. The first kappa shape index (κ1) is 14.2. The summed E-state index contributed by atoms with van der Waals surface area (Å²) in [6.45, 7) is 6.08. The Morgan fingerprint density at radius 2 is 1.90 bits per heavy atom. The van der Waals surface area contributed by atoms with Crippen LogP contribution in [0, 0.1) is 12.8 Å². The number of carbonyl (C=O) groups is 1. The van der Waals surface area contributed by atoms with Crippen molar-refractivity contribution in [2.24, 2.45) is 5.92 Å². The lowest BCUT2D eigenvalue weighted by Gasteiger charge is -2.16. The van der Waals surface area contributed by atoms with E-state index in [2.05, 4.69) is 10.2 Å². The highest BCUT2D eigenvalue weighted by atomic mass is 16.4. The number of hydrogen-bond donors (Lipinski definition) is 0.